The second kappa shape index (κ2) is 10.1. The number of halogens is 1. The van der Waals surface area contributed by atoms with Crippen molar-refractivity contribution in [2.24, 2.45) is 4.99 Å². The largest absolute Gasteiger partial charge is 0.364 e. The van der Waals surface area contributed by atoms with Gasteiger partial charge >= 0.3 is 0 Å². The number of hydrogen-bond donors (Lipinski definition) is 1. The summed E-state index contributed by atoms with van der Waals surface area (Å²) < 4.78 is 4.90. The SMILES string of the molecule is CCNC(=NCc1scnc1C)N1CCN(Cc2ccon2)CC1.I. The highest BCUT2D eigenvalue weighted by molar-refractivity contribution is 14.0. The maximum absolute atomic E-state index is 4.90. The maximum atomic E-state index is 4.90. The van der Waals surface area contributed by atoms with Gasteiger partial charge in [0.05, 0.1) is 23.4 Å². The lowest BCUT2D eigenvalue weighted by atomic mass is 10.3. The molecular weight excluding hydrogens is 451 g/mol. The highest BCUT2D eigenvalue weighted by atomic mass is 127. The molecule has 9 heteroatoms. The van der Waals surface area contributed by atoms with Crippen LogP contribution in [0, 0.1) is 6.92 Å². The van der Waals surface area contributed by atoms with E-state index in [1.807, 2.05) is 18.5 Å². The number of thiazole rings is 1. The van der Waals surface area contributed by atoms with Gasteiger partial charge in [-0.15, -0.1) is 35.3 Å². The molecule has 138 valence electrons. The minimum Gasteiger partial charge on any atom is -0.364 e. The molecule has 0 spiro atoms. The Morgan fingerprint density at radius 2 is 2.16 bits per heavy atom. The zero-order valence-corrected chi connectivity index (χ0v) is 17.8. The molecule has 2 aromatic heterocycles. The summed E-state index contributed by atoms with van der Waals surface area (Å²) in [6.07, 6.45) is 1.63. The van der Waals surface area contributed by atoms with E-state index in [-0.39, 0.29) is 24.0 Å². The quantitative estimate of drug-likeness (QED) is 0.406. The third-order valence-corrected chi connectivity index (χ3v) is 5.02. The van der Waals surface area contributed by atoms with E-state index in [2.05, 4.69) is 32.2 Å². The fraction of sp³-hybridized carbons (Fsp3) is 0.562. The van der Waals surface area contributed by atoms with Gasteiger partial charge in [-0.2, -0.15) is 0 Å². The lowest BCUT2D eigenvalue weighted by molar-refractivity contribution is 0.169. The fourth-order valence-corrected chi connectivity index (χ4v) is 3.42. The third kappa shape index (κ3) is 5.65. The van der Waals surface area contributed by atoms with Gasteiger partial charge in [0.25, 0.3) is 0 Å². The molecule has 0 atom stereocenters. The van der Waals surface area contributed by atoms with Crippen molar-refractivity contribution in [1.82, 2.24) is 25.3 Å². The number of aliphatic imine (C=N–C) groups is 1. The van der Waals surface area contributed by atoms with Crippen molar-refractivity contribution >= 4 is 41.3 Å². The van der Waals surface area contributed by atoms with E-state index >= 15 is 0 Å². The minimum absolute atomic E-state index is 0. The number of guanidine groups is 1. The molecule has 3 rings (SSSR count). The average Bonchev–Trinajstić information content (AvgIpc) is 3.24. The van der Waals surface area contributed by atoms with E-state index in [1.165, 1.54) is 4.88 Å². The van der Waals surface area contributed by atoms with E-state index < -0.39 is 0 Å². The Morgan fingerprint density at radius 1 is 1.36 bits per heavy atom. The van der Waals surface area contributed by atoms with Crippen molar-refractivity contribution in [2.75, 3.05) is 32.7 Å². The maximum Gasteiger partial charge on any atom is 0.194 e. The van der Waals surface area contributed by atoms with Crippen molar-refractivity contribution in [3.05, 3.63) is 34.1 Å². The number of aryl methyl sites for hydroxylation is 1. The molecule has 1 N–H and O–H groups in total. The van der Waals surface area contributed by atoms with Gasteiger partial charge in [-0.1, -0.05) is 5.16 Å². The molecule has 0 bridgehead atoms. The molecule has 0 aliphatic carbocycles. The van der Waals surface area contributed by atoms with Gasteiger partial charge in [0.15, 0.2) is 5.96 Å². The Hall–Kier alpha value is -1.20. The molecule has 0 saturated carbocycles. The molecule has 0 amide bonds. The molecule has 0 aromatic carbocycles. The van der Waals surface area contributed by atoms with Crippen molar-refractivity contribution in [1.29, 1.82) is 0 Å². The second-order valence-electron chi connectivity index (χ2n) is 5.79. The monoisotopic (exact) mass is 476 g/mol. The first-order valence-corrected chi connectivity index (χ1v) is 9.18. The molecule has 1 fully saturated rings. The molecular formula is C16H25IN6OS. The summed E-state index contributed by atoms with van der Waals surface area (Å²) in [5.74, 6) is 0.992. The first kappa shape index (κ1) is 20.1. The molecule has 1 saturated heterocycles. The highest BCUT2D eigenvalue weighted by Gasteiger charge is 2.20. The molecule has 1 aliphatic rings. The Morgan fingerprint density at radius 3 is 2.76 bits per heavy atom. The zero-order valence-electron chi connectivity index (χ0n) is 14.6. The summed E-state index contributed by atoms with van der Waals surface area (Å²) in [5.41, 5.74) is 3.96. The number of rotatable bonds is 5. The van der Waals surface area contributed by atoms with Crippen LogP contribution in [0.2, 0.25) is 0 Å². The van der Waals surface area contributed by atoms with E-state index in [1.54, 1.807) is 17.6 Å². The smallest absolute Gasteiger partial charge is 0.194 e. The van der Waals surface area contributed by atoms with Crippen LogP contribution in [-0.4, -0.2) is 58.6 Å². The van der Waals surface area contributed by atoms with Crippen LogP contribution in [0.1, 0.15) is 23.2 Å². The Kier molecular flexibility index (Phi) is 8.10. The van der Waals surface area contributed by atoms with E-state index in [4.69, 9.17) is 9.52 Å². The van der Waals surface area contributed by atoms with Crippen molar-refractivity contribution in [3.63, 3.8) is 0 Å². The van der Waals surface area contributed by atoms with Crippen LogP contribution in [0.15, 0.2) is 27.4 Å². The van der Waals surface area contributed by atoms with Crippen LogP contribution < -0.4 is 5.32 Å². The number of piperazine rings is 1. The van der Waals surface area contributed by atoms with E-state index in [0.29, 0.717) is 6.54 Å². The minimum atomic E-state index is 0. The van der Waals surface area contributed by atoms with Crippen LogP contribution in [-0.2, 0) is 13.1 Å². The first-order valence-electron chi connectivity index (χ1n) is 8.30. The van der Waals surface area contributed by atoms with Crippen LogP contribution in [0.3, 0.4) is 0 Å². The molecule has 3 heterocycles. The summed E-state index contributed by atoms with van der Waals surface area (Å²) in [6, 6.07) is 1.93. The summed E-state index contributed by atoms with van der Waals surface area (Å²) in [5, 5.41) is 7.40. The Labute approximate surface area is 169 Å². The van der Waals surface area contributed by atoms with E-state index in [0.717, 1.165) is 56.6 Å². The van der Waals surface area contributed by atoms with Crippen LogP contribution >= 0.6 is 35.3 Å². The van der Waals surface area contributed by atoms with Gasteiger partial charge in [-0.05, 0) is 13.8 Å². The average molecular weight is 476 g/mol. The third-order valence-electron chi connectivity index (χ3n) is 4.10. The Bertz CT molecular complexity index is 651. The van der Waals surface area contributed by atoms with E-state index in [9.17, 15) is 0 Å². The lowest BCUT2D eigenvalue weighted by Crippen LogP contribution is -2.52. The predicted molar refractivity (Wildman–Crippen MR) is 110 cm³/mol. The van der Waals surface area contributed by atoms with Gasteiger partial charge in [0.1, 0.15) is 6.26 Å². The van der Waals surface area contributed by atoms with Gasteiger partial charge in [-0.3, -0.25) is 4.90 Å². The summed E-state index contributed by atoms with van der Waals surface area (Å²) in [6.45, 7) is 10.5. The van der Waals surface area contributed by atoms with Gasteiger partial charge < -0.3 is 14.7 Å². The Balaban J connectivity index is 0.00000225. The molecule has 0 radical (unpaired) electrons. The first-order chi connectivity index (χ1) is 11.8. The standard InChI is InChI=1S/C16H24N6OS.HI/c1-3-17-16(18-10-15-13(2)19-12-24-15)22-7-5-21(6-8-22)11-14-4-9-23-20-14;/h4,9,12H,3,5-8,10-11H2,1-2H3,(H,17,18);1H. The summed E-state index contributed by atoms with van der Waals surface area (Å²) in [4.78, 5) is 15.0. The number of nitrogens with one attached hydrogen (secondary N) is 1. The van der Waals surface area contributed by atoms with Crippen molar-refractivity contribution < 1.29 is 4.52 Å². The van der Waals surface area contributed by atoms with Gasteiger partial charge in [0.2, 0.25) is 0 Å². The summed E-state index contributed by atoms with van der Waals surface area (Å²) >= 11 is 1.67. The summed E-state index contributed by atoms with van der Waals surface area (Å²) in [7, 11) is 0. The second-order valence-corrected chi connectivity index (χ2v) is 6.72. The molecule has 2 aromatic rings. The van der Waals surface area contributed by atoms with Gasteiger partial charge in [-0.25, -0.2) is 9.98 Å². The lowest BCUT2D eigenvalue weighted by Gasteiger charge is -2.36. The molecule has 7 nitrogen and oxygen atoms in total. The number of aromatic nitrogens is 2. The van der Waals surface area contributed by atoms with Crippen LogP contribution in [0.5, 0.6) is 0 Å². The molecule has 1 aliphatic heterocycles. The zero-order chi connectivity index (χ0) is 16.8. The normalized spacial score (nSPS) is 15.9. The van der Waals surface area contributed by atoms with Gasteiger partial charge in [0, 0.05) is 50.2 Å². The molecule has 25 heavy (non-hydrogen) atoms. The van der Waals surface area contributed by atoms with Crippen molar-refractivity contribution in [2.45, 2.75) is 26.9 Å². The topological polar surface area (TPSA) is 69.8 Å². The van der Waals surface area contributed by atoms with Crippen LogP contribution in [0.4, 0.5) is 0 Å². The predicted octanol–water partition coefficient (Wildman–Crippen LogP) is 2.34. The number of hydrogen-bond acceptors (Lipinski definition) is 6. The van der Waals surface area contributed by atoms with Crippen molar-refractivity contribution in [3.8, 4) is 0 Å². The number of nitrogens with zero attached hydrogens (tertiary/aromatic N) is 5. The highest BCUT2D eigenvalue weighted by Crippen LogP contribution is 2.14. The van der Waals surface area contributed by atoms with Crippen LogP contribution in [0.25, 0.3) is 0 Å². The fourth-order valence-electron chi connectivity index (χ4n) is 2.72. The molecule has 0 unspecified atom stereocenters.